The van der Waals surface area contributed by atoms with Crippen molar-refractivity contribution in [2.75, 3.05) is 0 Å². The zero-order chi connectivity index (χ0) is 18.0. The molecule has 25 heavy (non-hydrogen) atoms. The smallest absolute Gasteiger partial charge is 0.0846 e. The number of halogens is 1. The van der Waals surface area contributed by atoms with Gasteiger partial charge in [0.15, 0.2) is 0 Å². The summed E-state index contributed by atoms with van der Waals surface area (Å²) in [5.74, 6) is 0. The lowest BCUT2D eigenvalue weighted by Gasteiger charge is -2.23. The third-order valence-corrected chi connectivity index (χ3v) is 4.41. The molecule has 0 spiro atoms. The van der Waals surface area contributed by atoms with Crippen LogP contribution in [0.1, 0.15) is 30.5 Å². The maximum absolute atomic E-state index is 10.4. The Labute approximate surface area is 153 Å². The van der Waals surface area contributed by atoms with Crippen LogP contribution in [0.15, 0.2) is 72.6 Å². The van der Waals surface area contributed by atoms with Gasteiger partial charge in [-0.25, -0.2) is 0 Å². The fourth-order valence-corrected chi connectivity index (χ4v) is 2.94. The first-order valence-electron chi connectivity index (χ1n) is 8.09. The van der Waals surface area contributed by atoms with Gasteiger partial charge in [-0.15, -0.1) is 0 Å². The highest BCUT2D eigenvalue weighted by atomic mass is 35.5. The van der Waals surface area contributed by atoms with Gasteiger partial charge in [-0.2, -0.15) is 0 Å². The van der Waals surface area contributed by atoms with Gasteiger partial charge in [-0.3, -0.25) is 0 Å². The first kappa shape index (κ1) is 17.3. The molecule has 0 radical (unpaired) electrons. The predicted octanol–water partition coefficient (Wildman–Crippen LogP) is 4.40. The number of benzene rings is 2. The number of dihydropyridines is 1. The van der Waals surface area contributed by atoms with Gasteiger partial charge in [0.2, 0.25) is 0 Å². The number of nitrogens with two attached hydrogens (primary N) is 1. The van der Waals surface area contributed by atoms with E-state index in [1.807, 2.05) is 66.9 Å². The van der Waals surface area contributed by atoms with Crippen molar-refractivity contribution in [2.24, 2.45) is 5.73 Å². The van der Waals surface area contributed by atoms with Gasteiger partial charge in [-0.05, 0) is 54.3 Å². The van der Waals surface area contributed by atoms with Crippen molar-refractivity contribution in [2.45, 2.75) is 19.4 Å². The van der Waals surface area contributed by atoms with Gasteiger partial charge < -0.3 is 16.2 Å². The molecule has 3 rings (SSSR count). The summed E-state index contributed by atoms with van der Waals surface area (Å²) in [6.07, 6.45) is 5.85. The fourth-order valence-electron chi connectivity index (χ4n) is 2.81. The van der Waals surface area contributed by atoms with Gasteiger partial charge in [-0.1, -0.05) is 54.1 Å². The van der Waals surface area contributed by atoms with E-state index in [0.717, 1.165) is 28.0 Å². The minimum Gasteiger partial charge on any atom is -0.397 e. The number of rotatable bonds is 3. The number of nitrogens with one attached hydrogen (secondary N) is 1. The van der Waals surface area contributed by atoms with E-state index < -0.39 is 5.60 Å². The van der Waals surface area contributed by atoms with Gasteiger partial charge in [0.1, 0.15) is 0 Å². The maximum atomic E-state index is 10.4. The second-order valence-corrected chi connectivity index (χ2v) is 6.95. The van der Waals surface area contributed by atoms with Crippen molar-refractivity contribution >= 4 is 22.9 Å². The monoisotopic (exact) mass is 352 g/mol. The topological polar surface area (TPSA) is 58.3 Å². The van der Waals surface area contributed by atoms with Crippen molar-refractivity contribution in [1.29, 1.82) is 0 Å². The SMILES string of the molecule is CC(C)(O)c1ccccc1C1=CN/C(=C(\N)c2ccc(Cl)cc2)C=C1. The molecule has 4 heteroatoms. The molecule has 2 aromatic rings. The average molecular weight is 353 g/mol. The average Bonchev–Trinajstić information content (AvgIpc) is 2.61. The predicted molar refractivity (Wildman–Crippen MR) is 104 cm³/mol. The second-order valence-electron chi connectivity index (χ2n) is 6.52. The van der Waals surface area contributed by atoms with Gasteiger partial charge in [0, 0.05) is 11.2 Å². The molecule has 0 atom stereocenters. The van der Waals surface area contributed by atoms with Gasteiger partial charge in [0.05, 0.1) is 17.0 Å². The van der Waals surface area contributed by atoms with Gasteiger partial charge in [0.25, 0.3) is 0 Å². The molecule has 1 heterocycles. The molecule has 1 aliphatic heterocycles. The Bertz CT molecular complexity index is 872. The molecule has 0 bridgehead atoms. The van der Waals surface area contributed by atoms with Crippen LogP contribution >= 0.6 is 11.6 Å². The molecular formula is C21H21ClN2O. The van der Waals surface area contributed by atoms with E-state index in [4.69, 9.17) is 17.3 Å². The van der Waals surface area contributed by atoms with Crippen LogP contribution in [0.5, 0.6) is 0 Å². The van der Waals surface area contributed by atoms with Crippen LogP contribution in [0, 0.1) is 0 Å². The Morgan fingerprint density at radius 1 is 1.04 bits per heavy atom. The van der Waals surface area contributed by atoms with E-state index in [0.29, 0.717) is 10.7 Å². The fraction of sp³-hybridized carbons (Fsp3) is 0.143. The molecule has 0 aromatic heterocycles. The molecule has 1 aliphatic rings. The molecular weight excluding hydrogens is 332 g/mol. The molecule has 2 aromatic carbocycles. The lowest BCUT2D eigenvalue weighted by atomic mass is 9.89. The Hall–Kier alpha value is -2.49. The van der Waals surface area contributed by atoms with Gasteiger partial charge >= 0.3 is 0 Å². The highest BCUT2D eigenvalue weighted by Crippen LogP contribution is 2.30. The van der Waals surface area contributed by atoms with Crippen LogP contribution < -0.4 is 11.1 Å². The second kappa shape index (κ2) is 6.79. The Morgan fingerprint density at radius 3 is 2.32 bits per heavy atom. The summed E-state index contributed by atoms with van der Waals surface area (Å²) in [6.45, 7) is 3.58. The largest absolute Gasteiger partial charge is 0.397 e. The standard InChI is InChI=1S/C21H21ClN2O/c1-21(2,25)18-6-4-3-5-17(18)15-9-12-19(24-13-15)20(23)14-7-10-16(22)11-8-14/h3-13,24-25H,23H2,1-2H3/b20-19-. The molecule has 0 saturated heterocycles. The van der Waals surface area contributed by atoms with Crippen LogP contribution in [0.25, 0.3) is 11.3 Å². The number of allylic oxidation sites excluding steroid dienone is 3. The molecule has 0 saturated carbocycles. The Balaban J connectivity index is 1.91. The first-order valence-corrected chi connectivity index (χ1v) is 8.47. The lowest BCUT2D eigenvalue weighted by molar-refractivity contribution is 0.0783. The molecule has 0 aliphatic carbocycles. The third-order valence-electron chi connectivity index (χ3n) is 4.16. The third kappa shape index (κ3) is 3.78. The quantitative estimate of drug-likeness (QED) is 0.767. The highest BCUT2D eigenvalue weighted by molar-refractivity contribution is 6.30. The summed E-state index contributed by atoms with van der Waals surface area (Å²) >= 11 is 5.92. The van der Waals surface area contributed by atoms with Crippen molar-refractivity contribution in [3.8, 4) is 0 Å². The number of aliphatic hydroxyl groups is 1. The van der Waals surface area contributed by atoms with Crippen LogP contribution in [0.4, 0.5) is 0 Å². The Morgan fingerprint density at radius 2 is 1.72 bits per heavy atom. The van der Waals surface area contributed by atoms with Crippen molar-refractivity contribution < 1.29 is 5.11 Å². The maximum Gasteiger partial charge on any atom is 0.0846 e. The highest BCUT2D eigenvalue weighted by Gasteiger charge is 2.21. The summed E-state index contributed by atoms with van der Waals surface area (Å²) in [6, 6.07) is 15.3. The molecule has 128 valence electrons. The summed E-state index contributed by atoms with van der Waals surface area (Å²) in [4.78, 5) is 0. The van der Waals surface area contributed by atoms with E-state index >= 15 is 0 Å². The van der Waals surface area contributed by atoms with E-state index in [1.165, 1.54) is 0 Å². The lowest BCUT2D eigenvalue weighted by Crippen LogP contribution is -2.19. The van der Waals surface area contributed by atoms with E-state index in [-0.39, 0.29) is 0 Å². The van der Waals surface area contributed by atoms with Crippen molar-refractivity contribution in [1.82, 2.24) is 5.32 Å². The van der Waals surface area contributed by atoms with Crippen molar-refractivity contribution in [3.05, 3.63) is 94.3 Å². The summed E-state index contributed by atoms with van der Waals surface area (Å²) < 4.78 is 0. The molecule has 4 N–H and O–H groups in total. The number of hydrogen-bond donors (Lipinski definition) is 3. The molecule has 0 fully saturated rings. The first-order chi connectivity index (χ1) is 11.9. The summed E-state index contributed by atoms with van der Waals surface area (Å²) in [7, 11) is 0. The van der Waals surface area contributed by atoms with E-state index in [9.17, 15) is 5.11 Å². The summed E-state index contributed by atoms with van der Waals surface area (Å²) in [5.41, 5.74) is 10.6. The van der Waals surface area contributed by atoms with Crippen LogP contribution in [0.3, 0.4) is 0 Å². The van der Waals surface area contributed by atoms with Crippen LogP contribution in [0.2, 0.25) is 5.02 Å². The number of hydrogen-bond acceptors (Lipinski definition) is 3. The Kier molecular flexibility index (Phi) is 4.71. The zero-order valence-corrected chi connectivity index (χ0v) is 15.0. The minimum absolute atomic E-state index is 0.652. The normalized spacial score (nSPS) is 16.2. The molecule has 0 unspecified atom stereocenters. The summed E-state index contributed by atoms with van der Waals surface area (Å²) in [5, 5.41) is 14.3. The van der Waals surface area contributed by atoms with E-state index in [1.54, 1.807) is 13.8 Å². The minimum atomic E-state index is -0.913. The van der Waals surface area contributed by atoms with E-state index in [2.05, 4.69) is 5.32 Å². The van der Waals surface area contributed by atoms with Crippen LogP contribution in [-0.4, -0.2) is 5.11 Å². The molecule has 3 nitrogen and oxygen atoms in total. The zero-order valence-electron chi connectivity index (χ0n) is 14.3. The van der Waals surface area contributed by atoms with Crippen LogP contribution in [-0.2, 0) is 5.60 Å². The van der Waals surface area contributed by atoms with Crippen molar-refractivity contribution in [3.63, 3.8) is 0 Å². The molecule has 0 amide bonds.